The van der Waals surface area contributed by atoms with E-state index in [9.17, 15) is 14.4 Å². The molecule has 2 aromatic rings. The predicted molar refractivity (Wildman–Crippen MR) is 133 cm³/mol. The van der Waals surface area contributed by atoms with Gasteiger partial charge in [0.15, 0.2) is 0 Å². The van der Waals surface area contributed by atoms with E-state index in [0.717, 1.165) is 38.5 Å². The third kappa shape index (κ3) is 7.90. The molecule has 0 radical (unpaired) electrons. The molecular weight excluding hydrogens is 430 g/mol. The lowest BCUT2D eigenvalue weighted by molar-refractivity contribution is -0.120. The summed E-state index contributed by atoms with van der Waals surface area (Å²) in [6.45, 7) is 2.83. The Labute approximate surface area is 201 Å². The largest absolute Gasteiger partial charge is 0.494 e. The molecule has 7 heteroatoms. The maximum Gasteiger partial charge on any atom is 0.269 e. The van der Waals surface area contributed by atoms with Gasteiger partial charge >= 0.3 is 0 Å². The van der Waals surface area contributed by atoms with Gasteiger partial charge < -0.3 is 10.1 Å². The summed E-state index contributed by atoms with van der Waals surface area (Å²) >= 11 is 0. The second-order valence-electron chi connectivity index (χ2n) is 8.74. The van der Waals surface area contributed by atoms with E-state index >= 15 is 0 Å². The van der Waals surface area contributed by atoms with Crippen LogP contribution in [0.5, 0.6) is 5.75 Å². The molecule has 1 fully saturated rings. The Bertz CT molecular complexity index is 935. The summed E-state index contributed by atoms with van der Waals surface area (Å²) < 4.78 is 5.68. The second kappa shape index (κ2) is 13.4. The molecular formula is C27H35N3O4. The van der Waals surface area contributed by atoms with Gasteiger partial charge in [0.2, 0.25) is 5.91 Å². The van der Waals surface area contributed by atoms with Crippen molar-refractivity contribution in [3.63, 3.8) is 0 Å². The first-order valence-corrected chi connectivity index (χ1v) is 12.3. The van der Waals surface area contributed by atoms with Gasteiger partial charge in [-0.3, -0.25) is 25.2 Å². The zero-order valence-electron chi connectivity index (χ0n) is 19.9. The lowest BCUT2D eigenvalue weighted by Gasteiger charge is -2.20. The summed E-state index contributed by atoms with van der Waals surface area (Å²) in [6, 6.07) is 13.4. The summed E-state index contributed by atoms with van der Waals surface area (Å²) in [4.78, 5) is 37.1. The topological polar surface area (TPSA) is 96.5 Å². The number of hydrogen-bond acceptors (Lipinski definition) is 4. The van der Waals surface area contributed by atoms with Crippen LogP contribution in [0.3, 0.4) is 0 Å². The fraction of sp³-hybridized carbons (Fsp3) is 0.444. The third-order valence-corrected chi connectivity index (χ3v) is 6.06. The van der Waals surface area contributed by atoms with Crippen LogP contribution in [0.25, 0.3) is 0 Å². The normalized spacial score (nSPS) is 13.7. The first-order valence-electron chi connectivity index (χ1n) is 12.3. The van der Waals surface area contributed by atoms with Gasteiger partial charge in [-0.15, -0.1) is 0 Å². The summed E-state index contributed by atoms with van der Waals surface area (Å²) in [5.41, 5.74) is 6.29. The van der Waals surface area contributed by atoms with Gasteiger partial charge in [0.25, 0.3) is 11.8 Å². The molecule has 0 atom stereocenters. The van der Waals surface area contributed by atoms with Crippen LogP contribution >= 0.6 is 0 Å². The van der Waals surface area contributed by atoms with E-state index < -0.39 is 11.8 Å². The predicted octanol–water partition coefficient (Wildman–Crippen LogP) is 5.24. The van der Waals surface area contributed by atoms with Gasteiger partial charge in [0.05, 0.1) is 6.61 Å². The van der Waals surface area contributed by atoms with Gasteiger partial charge in [-0.1, -0.05) is 45.4 Å². The molecule has 0 aliphatic heterocycles. The molecule has 1 aliphatic rings. The molecule has 0 unspecified atom stereocenters. The first kappa shape index (κ1) is 25.3. The fourth-order valence-electron chi connectivity index (χ4n) is 3.99. The number of unbranched alkanes of at least 4 members (excludes halogenated alkanes) is 3. The highest BCUT2D eigenvalue weighted by Crippen LogP contribution is 2.25. The molecule has 0 heterocycles. The number of hydrazine groups is 1. The molecule has 2 aromatic carbocycles. The van der Waals surface area contributed by atoms with Gasteiger partial charge in [0.1, 0.15) is 5.75 Å². The van der Waals surface area contributed by atoms with Crippen LogP contribution in [0.4, 0.5) is 5.69 Å². The van der Waals surface area contributed by atoms with E-state index in [1.165, 1.54) is 19.3 Å². The van der Waals surface area contributed by atoms with Crippen LogP contribution in [0.2, 0.25) is 0 Å². The number of rotatable bonds is 10. The van der Waals surface area contributed by atoms with Crippen molar-refractivity contribution in [2.75, 3.05) is 11.9 Å². The maximum absolute atomic E-state index is 12.4. The van der Waals surface area contributed by atoms with Crippen molar-refractivity contribution in [3.05, 3.63) is 59.7 Å². The summed E-state index contributed by atoms with van der Waals surface area (Å²) in [7, 11) is 0. The Morgan fingerprint density at radius 1 is 0.794 bits per heavy atom. The summed E-state index contributed by atoms with van der Waals surface area (Å²) in [5.74, 6) is -0.0343. The van der Waals surface area contributed by atoms with Crippen molar-refractivity contribution in [1.82, 2.24) is 10.9 Å². The molecule has 3 N–H and O–H groups in total. The zero-order valence-corrected chi connectivity index (χ0v) is 19.9. The molecule has 3 rings (SSSR count). The van der Waals surface area contributed by atoms with Crippen molar-refractivity contribution < 1.29 is 19.1 Å². The Kier molecular flexibility index (Phi) is 9.95. The van der Waals surface area contributed by atoms with Crippen molar-refractivity contribution in [3.8, 4) is 5.75 Å². The van der Waals surface area contributed by atoms with Crippen molar-refractivity contribution in [1.29, 1.82) is 0 Å². The molecule has 7 nitrogen and oxygen atoms in total. The highest BCUT2D eigenvalue weighted by molar-refractivity contribution is 5.99. The van der Waals surface area contributed by atoms with Crippen LogP contribution in [0, 0.1) is 5.92 Å². The van der Waals surface area contributed by atoms with Crippen molar-refractivity contribution in [2.24, 2.45) is 5.92 Å². The monoisotopic (exact) mass is 465 g/mol. The molecule has 182 valence electrons. The highest BCUT2D eigenvalue weighted by atomic mass is 16.5. The number of ether oxygens (including phenoxy) is 1. The van der Waals surface area contributed by atoms with Crippen LogP contribution in [-0.4, -0.2) is 24.3 Å². The van der Waals surface area contributed by atoms with Crippen LogP contribution in [-0.2, 0) is 4.79 Å². The molecule has 0 bridgehead atoms. The minimum atomic E-state index is -0.439. The minimum Gasteiger partial charge on any atom is -0.494 e. The Morgan fingerprint density at radius 3 is 1.97 bits per heavy atom. The lowest BCUT2D eigenvalue weighted by Crippen LogP contribution is -2.41. The summed E-state index contributed by atoms with van der Waals surface area (Å²) in [6.07, 6.45) is 9.80. The Morgan fingerprint density at radius 2 is 1.38 bits per heavy atom. The van der Waals surface area contributed by atoms with Crippen LogP contribution < -0.4 is 20.9 Å². The molecule has 34 heavy (non-hydrogen) atoms. The molecule has 0 aromatic heterocycles. The molecule has 0 spiro atoms. The van der Waals surface area contributed by atoms with Crippen molar-refractivity contribution >= 4 is 23.4 Å². The zero-order chi connectivity index (χ0) is 24.2. The highest BCUT2D eigenvalue weighted by Gasteiger charge is 2.21. The Hall–Kier alpha value is -3.35. The quantitative estimate of drug-likeness (QED) is 0.330. The SMILES string of the molecule is CCCCCCOc1ccc(C(=O)NNC(=O)c2ccc(NC(=O)C3CCCCC3)cc2)cc1. The molecule has 1 aliphatic carbocycles. The van der Waals surface area contributed by atoms with Crippen LogP contribution in [0.1, 0.15) is 85.4 Å². The van der Waals surface area contributed by atoms with Gasteiger partial charge in [0, 0.05) is 22.7 Å². The van der Waals surface area contributed by atoms with E-state index in [1.807, 2.05) is 0 Å². The van der Waals surface area contributed by atoms with Crippen LogP contribution in [0.15, 0.2) is 48.5 Å². The number of anilines is 1. The smallest absolute Gasteiger partial charge is 0.269 e. The number of benzene rings is 2. The number of amides is 3. The van der Waals surface area contributed by atoms with E-state index in [4.69, 9.17) is 4.74 Å². The molecule has 3 amide bonds. The lowest BCUT2D eigenvalue weighted by atomic mass is 9.88. The fourth-order valence-corrected chi connectivity index (χ4v) is 3.99. The Balaban J connectivity index is 1.42. The van der Waals surface area contributed by atoms with E-state index in [2.05, 4.69) is 23.1 Å². The second-order valence-corrected chi connectivity index (χ2v) is 8.74. The standard InChI is InChI=1S/C27H35N3O4/c1-2-3-4-8-19-34-24-17-13-22(14-18-24)27(33)30-29-26(32)21-11-15-23(16-12-21)28-25(31)20-9-6-5-7-10-20/h11-18,20H,2-10,19H2,1H3,(H,28,31)(H,29,32)(H,30,33). The average molecular weight is 466 g/mol. The third-order valence-electron chi connectivity index (χ3n) is 6.06. The van der Waals surface area contributed by atoms with E-state index in [1.54, 1.807) is 48.5 Å². The van der Waals surface area contributed by atoms with Crippen molar-refractivity contribution in [2.45, 2.75) is 64.7 Å². The first-order chi connectivity index (χ1) is 16.6. The average Bonchev–Trinajstić information content (AvgIpc) is 2.88. The number of nitrogens with one attached hydrogen (secondary N) is 3. The van der Waals surface area contributed by atoms with Gasteiger partial charge in [-0.05, 0) is 67.8 Å². The molecule has 0 saturated heterocycles. The van der Waals surface area contributed by atoms with Gasteiger partial charge in [-0.2, -0.15) is 0 Å². The summed E-state index contributed by atoms with van der Waals surface area (Å²) in [5, 5.41) is 2.92. The number of hydrogen-bond donors (Lipinski definition) is 3. The number of carbonyl (C=O) groups is 3. The maximum atomic E-state index is 12.4. The van der Waals surface area contributed by atoms with E-state index in [0.29, 0.717) is 29.2 Å². The van der Waals surface area contributed by atoms with Gasteiger partial charge in [-0.25, -0.2) is 0 Å². The van der Waals surface area contributed by atoms with E-state index in [-0.39, 0.29) is 11.8 Å². The minimum absolute atomic E-state index is 0.0390. The molecule has 1 saturated carbocycles. The number of carbonyl (C=O) groups excluding carboxylic acids is 3.